The highest BCUT2D eigenvalue weighted by Gasteiger charge is 2.29. The summed E-state index contributed by atoms with van der Waals surface area (Å²) >= 11 is 0. The van der Waals surface area contributed by atoms with Crippen LogP contribution in [0.4, 0.5) is 24.5 Å². The maximum atomic E-state index is 12.0. The van der Waals surface area contributed by atoms with Gasteiger partial charge in [0.15, 0.2) is 13.2 Å². The van der Waals surface area contributed by atoms with Gasteiger partial charge in [0.25, 0.3) is 5.91 Å². The number of rotatable bonds is 2. The highest BCUT2D eigenvalue weighted by atomic mass is 19.4. The van der Waals surface area contributed by atoms with Crippen molar-refractivity contribution in [2.75, 3.05) is 24.3 Å². The molecule has 8 heteroatoms. The summed E-state index contributed by atoms with van der Waals surface area (Å²) in [5.74, 6) is -0.252. The summed E-state index contributed by atoms with van der Waals surface area (Å²) in [4.78, 5) is 11.1. The molecule has 1 aliphatic rings. The van der Waals surface area contributed by atoms with Crippen molar-refractivity contribution in [2.24, 2.45) is 0 Å². The van der Waals surface area contributed by atoms with Gasteiger partial charge in [-0.2, -0.15) is 13.2 Å². The average molecular weight is 262 g/mol. The fraction of sp³-hybridized carbons (Fsp3) is 0.300. The number of hydrogen-bond donors (Lipinski definition) is 2. The molecule has 0 aliphatic carbocycles. The van der Waals surface area contributed by atoms with Gasteiger partial charge in [0.2, 0.25) is 0 Å². The Morgan fingerprint density at radius 1 is 1.44 bits per heavy atom. The summed E-state index contributed by atoms with van der Waals surface area (Å²) in [6, 6.07) is 2.51. The minimum Gasteiger partial charge on any atom is -0.482 e. The number of anilines is 2. The lowest BCUT2D eigenvalue weighted by molar-refractivity contribution is -0.153. The van der Waals surface area contributed by atoms with Crippen molar-refractivity contribution in [1.29, 1.82) is 0 Å². The van der Waals surface area contributed by atoms with Gasteiger partial charge in [-0.05, 0) is 0 Å². The van der Waals surface area contributed by atoms with E-state index in [0.29, 0.717) is 5.75 Å². The SMILES string of the molecule is Nc1cc2c(cc1OCC(F)(F)F)NC(=O)CO2. The number of nitrogens with two attached hydrogens (primary N) is 1. The summed E-state index contributed by atoms with van der Waals surface area (Å²) in [7, 11) is 0. The molecule has 0 spiro atoms. The Kier molecular flexibility index (Phi) is 2.93. The average Bonchev–Trinajstić information content (AvgIpc) is 2.26. The molecule has 18 heavy (non-hydrogen) atoms. The van der Waals surface area contributed by atoms with Gasteiger partial charge in [-0.1, -0.05) is 0 Å². The number of carbonyl (C=O) groups excluding carboxylic acids is 1. The van der Waals surface area contributed by atoms with Gasteiger partial charge in [-0.3, -0.25) is 4.79 Å². The zero-order valence-electron chi connectivity index (χ0n) is 9.00. The predicted molar refractivity (Wildman–Crippen MR) is 56.5 cm³/mol. The second kappa shape index (κ2) is 4.28. The third-order valence-electron chi connectivity index (χ3n) is 2.14. The molecule has 0 saturated carbocycles. The first-order chi connectivity index (χ1) is 8.35. The van der Waals surface area contributed by atoms with E-state index in [9.17, 15) is 18.0 Å². The normalized spacial score (nSPS) is 14.5. The third kappa shape index (κ3) is 2.76. The van der Waals surface area contributed by atoms with Crippen molar-refractivity contribution in [3.63, 3.8) is 0 Å². The van der Waals surface area contributed by atoms with Gasteiger partial charge < -0.3 is 20.5 Å². The molecule has 2 rings (SSSR count). The van der Waals surface area contributed by atoms with Gasteiger partial charge >= 0.3 is 6.18 Å². The van der Waals surface area contributed by atoms with Crippen LogP contribution in [0.15, 0.2) is 12.1 Å². The number of fused-ring (bicyclic) bond motifs is 1. The predicted octanol–water partition coefficient (Wildman–Crippen LogP) is 1.54. The molecule has 5 nitrogen and oxygen atoms in total. The van der Waals surface area contributed by atoms with Gasteiger partial charge in [0, 0.05) is 12.1 Å². The van der Waals surface area contributed by atoms with E-state index in [2.05, 4.69) is 10.1 Å². The maximum Gasteiger partial charge on any atom is 0.422 e. The highest BCUT2D eigenvalue weighted by molar-refractivity contribution is 5.96. The largest absolute Gasteiger partial charge is 0.482 e. The Hall–Kier alpha value is -2.12. The second-order valence-corrected chi connectivity index (χ2v) is 3.63. The number of benzene rings is 1. The molecule has 0 unspecified atom stereocenters. The number of hydrogen-bond acceptors (Lipinski definition) is 4. The van der Waals surface area contributed by atoms with Crippen LogP contribution in [0.25, 0.3) is 0 Å². The van der Waals surface area contributed by atoms with Crippen molar-refractivity contribution in [3.05, 3.63) is 12.1 Å². The molecule has 1 heterocycles. The van der Waals surface area contributed by atoms with Gasteiger partial charge in [-0.15, -0.1) is 0 Å². The second-order valence-electron chi connectivity index (χ2n) is 3.63. The summed E-state index contributed by atoms with van der Waals surface area (Å²) in [5.41, 5.74) is 5.77. The first kappa shape index (κ1) is 12.3. The van der Waals surface area contributed by atoms with Crippen LogP contribution in [0.5, 0.6) is 11.5 Å². The standard InChI is InChI=1S/C10H9F3N2O3/c11-10(12,13)4-18-7-2-6-8(1-5(7)14)17-3-9(16)15-6/h1-2H,3-4,14H2,(H,15,16). The zero-order valence-corrected chi connectivity index (χ0v) is 9.00. The molecule has 0 fully saturated rings. The Bertz CT molecular complexity index is 488. The summed E-state index contributed by atoms with van der Waals surface area (Å²) in [6.07, 6.45) is -4.46. The Morgan fingerprint density at radius 2 is 2.17 bits per heavy atom. The molecule has 1 amide bonds. The highest BCUT2D eigenvalue weighted by Crippen LogP contribution is 2.36. The molecule has 0 saturated heterocycles. The summed E-state index contributed by atoms with van der Waals surface area (Å²) in [5, 5.41) is 2.44. The van der Waals surface area contributed by atoms with E-state index in [1.54, 1.807) is 0 Å². The van der Waals surface area contributed by atoms with E-state index >= 15 is 0 Å². The van der Waals surface area contributed by atoms with Gasteiger partial charge in [-0.25, -0.2) is 0 Å². The van der Waals surface area contributed by atoms with E-state index in [0.717, 1.165) is 0 Å². The van der Waals surface area contributed by atoms with Crippen LogP contribution in [0.2, 0.25) is 0 Å². The van der Waals surface area contributed by atoms with Crippen molar-refractivity contribution < 1.29 is 27.4 Å². The molecule has 3 N–H and O–H groups in total. The molecule has 98 valence electrons. The van der Waals surface area contributed by atoms with E-state index < -0.39 is 18.7 Å². The number of amides is 1. The molecular formula is C10H9F3N2O3. The topological polar surface area (TPSA) is 73.6 Å². The molecule has 0 bridgehead atoms. The number of alkyl halides is 3. The third-order valence-corrected chi connectivity index (χ3v) is 2.14. The van der Waals surface area contributed by atoms with Crippen LogP contribution in [0.3, 0.4) is 0 Å². The van der Waals surface area contributed by atoms with Crippen LogP contribution in [0.1, 0.15) is 0 Å². The van der Waals surface area contributed by atoms with Crippen molar-refractivity contribution in [1.82, 2.24) is 0 Å². The van der Waals surface area contributed by atoms with Crippen LogP contribution in [-0.2, 0) is 4.79 Å². The molecule has 1 aliphatic heterocycles. The van der Waals surface area contributed by atoms with E-state index in [4.69, 9.17) is 10.5 Å². The number of halogens is 3. The summed E-state index contributed by atoms with van der Waals surface area (Å²) < 4.78 is 45.6. The molecular weight excluding hydrogens is 253 g/mol. The Balaban J connectivity index is 2.21. The monoisotopic (exact) mass is 262 g/mol. The quantitative estimate of drug-likeness (QED) is 0.793. The van der Waals surface area contributed by atoms with Crippen LogP contribution in [-0.4, -0.2) is 25.3 Å². The lowest BCUT2D eigenvalue weighted by Gasteiger charge is -2.20. The van der Waals surface area contributed by atoms with E-state index in [1.807, 2.05) is 0 Å². The number of nitrogens with one attached hydrogen (secondary N) is 1. The smallest absolute Gasteiger partial charge is 0.422 e. The molecule has 1 aromatic rings. The lowest BCUT2D eigenvalue weighted by Crippen LogP contribution is -2.25. The van der Waals surface area contributed by atoms with Crippen LogP contribution >= 0.6 is 0 Å². The Labute approximate surface area is 99.7 Å². The van der Waals surface area contributed by atoms with E-state index in [1.165, 1.54) is 12.1 Å². The molecule has 0 radical (unpaired) electrons. The molecule has 0 atom stereocenters. The Morgan fingerprint density at radius 3 is 2.83 bits per heavy atom. The lowest BCUT2D eigenvalue weighted by atomic mass is 10.2. The first-order valence-corrected chi connectivity index (χ1v) is 4.91. The zero-order chi connectivity index (χ0) is 13.3. The number of nitrogen functional groups attached to an aromatic ring is 1. The summed E-state index contributed by atoms with van der Waals surface area (Å²) in [6.45, 7) is -1.61. The van der Waals surface area contributed by atoms with Gasteiger partial charge in [0.1, 0.15) is 11.5 Å². The molecule has 1 aromatic carbocycles. The minimum absolute atomic E-state index is 0.00847. The number of ether oxygens (including phenoxy) is 2. The fourth-order valence-electron chi connectivity index (χ4n) is 1.41. The first-order valence-electron chi connectivity index (χ1n) is 4.91. The van der Waals surface area contributed by atoms with Crippen molar-refractivity contribution >= 4 is 17.3 Å². The fourth-order valence-corrected chi connectivity index (χ4v) is 1.41. The number of carbonyl (C=O) groups is 1. The van der Waals surface area contributed by atoms with E-state index in [-0.39, 0.29) is 23.7 Å². The van der Waals surface area contributed by atoms with Crippen LogP contribution < -0.4 is 20.5 Å². The van der Waals surface area contributed by atoms with Crippen LogP contribution in [0, 0.1) is 0 Å². The minimum atomic E-state index is -4.46. The van der Waals surface area contributed by atoms with Gasteiger partial charge in [0.05, 0.1) is 11.4 Å². The molecule has 0 aromatic heterocycles. The van der Waals surface area contributed by atoms with Crippen molar-refractivity contribution in [3.8, 4) is 11.5 Å². The van der Waals surface area contributed by atoms with Crippen molar-refractivity contribution in [2.45, 2.75) is 6.18 Å². The maximum absolute atomic E-state index is 12.0.